The Balaban J connectivity index is 1.94. The Morgan fingerprint density at radius 1 is 1.39 bits per heavy atom. The largest absolute Gasteiger partial charge is 0.479 e. The monoisotopic (exact) mass is 256 g/mol. The van der Waals surface area contributed by atoms with E-state index in [9.17, 15) is 9.59 Å². The van der Waals surface area contributed by atoms with Crippen molar-refractivity contribution in [2.24, 2.45) is 0 Å². The van der Waals surface area contributed by atoms with E-state index in [-0.39, 0.29) is 0 Å². The third-order valence-electron chi connectivity index (χ3n) is 2.05. The van der Waals surface area contributed by atoms with E-state index >= 15 is 0 Å². The molecule has 0 spiro atoms. The predicted octanol–water partition coefficient (Wildman–Crippen LogP) is -0.0213. The summed E-state index contributed by atoms with van der Waals surface area (Å²) in [6.45, 7) is 0.782. The van der Waals surface area contributed by atoms with Gasteiger partial charge in [-0.15, -0.1) is 0 Å². The Hall–Kier alpha value is -2.09. The van der Waals surface area contributed by atoms with Crippen molar-refractivity contribution in [3.8, 4) is 0 Å². The number of unbranched alkanes of at least 4 members (excludes halogenated alkanes) is 1. The second-order valence-electron chi connectivity index (χ2n) is 3.55. The van der Waals surface area contributed by atoms with Crippen LogP contribution in [0.2, 0.25) is 0 Å². The van der Waals surface area contributed by atoms with Gasteiger partial charge in [-0.05, 0) is 12.8 Å². The van der Waals surface area contributed by atoms with Crippen LogP contribution in [0, 0.1) is 0 Å². The lowest BCUT2D eigenvalue weighted by atomic mass is 10.3. The first-order valence-electron chi connectivity index (χ1n) is 5.51. The molecule has 1 aromatic heterocycles. The minimum Gasteiger partial charge on any atom is -0.479 e. The second kappa shape index (κ2) is 8.07. The molecule has 1 rings (SSSR count). The first-order valence-corrected chi connectivity index (χ1v) is 5.51. The van der Waals surface area contributed by atoms with E-state index in [1.165, 1.54) is 0 Å². The number of aryl methyl sites for hydroxylation is 1. The van der Waals surface area contributed by atoms with Crippen LogP contribution in [0.15, 0.2) is 18.7 Å². The highest BCUT2D eigenvalue weighted by atomic mass is 16.7. The molecule has 1 heterocycles. The molecule has 2 amide bonds. The van der Waals surface area contributed by atoms with Crippen LogP contribution >= 0.6 is 0 Å². The standard InChI is InChI=1S/C10H16N4O4/c15-9(16)7-18-13-10(17)12-3-1-2-5-14-6-4-11-8-14/h4,6,8H,1-3,5,7H2,(H,15,16)(H2,12,13,17). The number of hydrogen-bond acceptors (Lipinski definition) is 4. The number of carbonyl (C=O) groups is 2. The van der Waals surface area contributed by atoms with Gasteiger partial charge in [-0.25, -0.2) is 20.1 Å². The molecule has 0 aliphatic heterocycles. The molecule has 8 nitrogen and oxygen atoms in total. The fraction of sp³-hybridized carbons (Fsp3) is 0.500. The summed E-state index contributed by atoms with van der Waals surface area (Å²) in [5.41, 5.74) is 1.97. The summed E-state index contributed by atoms with van der Waals surface area (Å²) < 4.78 is 1.95. The molecule has 18 heavy (non-hydrogen) atoms. The van der Waals surface area contributed by atoms with Crippen molar-refractivity contribution >= 4 is 12.0 Å². The smallest absolute Gasteiger partial charge is 0.338 e. The zero-order valence-corrected chi connectivity index (χ0v) is 9.83. The van der Waals surface area contributed by atoms with Gasteiger partial charge in [0, 0.05) is 25.5 Å². The van der Waals surface area contributed by atoms with Crippen LogP contribution in [0.3, 0.4) is 0 Å². The van der Waals surface area contributed by atoms with E-state index in [1.54, 1.807) is 12.5 Å². The zero-order valence-electron chi connectivity index (χ0n) is 9.83. The molecular formula is C10H16N4O4. The molecule has 0 saturated carbocycles. The number of nitrogens with one attached hydrogen (secondary N) is 2. The van der Waals surface area contributed by atoms with Crippen LogP contribution in [0.1, 0.15) is 12.8 Å². The van der Waals surface area contributed by atoms with Gasteiger partial charge in [0.15, 0.2) is 6.61 Å². The summed E-state index contributed by atoms with van der Waals surface area (Å²) in [7, 11) is 0. The first kappa shape index (κ1) is 14.0. The molecule has 3 N–H and O–H groups in total. The summed E-state index contributed by atoms with van der Waals surface area (Å²) in [4.78, 5) is 29.5. The van der Waals surface area contributed by atoms with Gasteiger partial charge in [-0.1, -0.05) is 0 Å². The Morgan fingerprint density at radius 3 is 2.89 bits per heavy atom. The second-order valence-corrected chi connectivity index (χ2v) is 3.55. The van der Waals surface area contributed by atoms with E-state index < -0.39 is 18.6 Å². The van der Waals surface area contributed by atoms with Gasteiger partial charge in [-0.3, -0.25) is 4.84 Å². The summed E-state index contributed by atoms with van der Waals surface area (Å²) in [6.07, 6.45) is 7.04. The minimum absolute atomic E-state index is 0.497. The summed E-state index contributed by atoms with van der Waals surface area (Å²) in [6, 6.07) is -0.543. The quantitative estimate of drug-likeness (QED) is 0.447. The third-order valence-corrected chi connectivity index (χ3v) is 2.05. The van der Waals surface area contributed by atoms with Crippen molar-refractivity contribution in [1.29, 1.82) is 0 Å². The fourth-order valence-corrected chi connectivity index (χ4v) is 1.24. The molecule has 0 aromatic carbocycles. The normalized spacial score (nSPS) is 10.0. The van der Waals surface area contributed by atoms with Gasteiger partial charge >= 0.3 is 12.0 Å². The summed E-state index contributed by atoms with van der Waals surface area (Å²) in [5.74, 6) is -1.14. The van der Waals surface area contributed by atoms with E-state index in [0.29, 0.717) is 6.54 Å². The number of carboxylic acids is 1. The molecule has 100 valence electrons. The molecule has 1 aromatic rings. The molecule has 0 aliphatic carbocycles. The van der Waals surface area contributed by atoms with Gasteiger partial charge in [0.2, 0.25) is 0 Å². The fourth-order valence-electron chi connectivity index (χ4n) is 1.24. The number of hydrogen-bond donors (Lipinski definition) is 3. The van der Waals surface area contributed by atoms with Gasteiger partial charge in [0.1, 0.15) is 0 Å². The number of aliphatic carboxylic acids is 1. The lowest BCUT2D eigenvalue weighted by Gasteiger charge is -2.06. The van der Waals surface area contributed by atoms with Crippen molar-refractivity contribution in [2.45, 2.75) is 19.4 Å². The lowest BCUT2D eigenvalue weighted by Crippen LogP contribution is -2.37. The summed E-state index contributed by atoms with van der Waals surface area (Å²) in [5, 5.41) is 10.8. The molecule has 0 bridgehead atoms. The van der Waals surface area contributed by atoms with E-state index in [4.69, 9.17) is 5.11 Å². The number of carboxylic acid groups (broad SMARTS) is 1. The van der Waals surface area contributed by atoms with Crippen LogP contribution in [-0.2, 0) is 16.2 Å². The van der Waals surface area contributed by atoms with Crippen LogP contribution in [0.4, 0.5) is 4.79 Å². The molecule has 0 unspecified atom stereocenters. The number of aromatic nitrogens is 2. The number of hydroxylamine groups is 1. The Labute approximate surface area is 104 Å². The van der Waals surface area contributed by atoms with Crippen molar-refractivity contribution in [3.05, 3.63) is 18.7 Å². The number of amides is 2. The molecule has 0 fully saturated rings. The van der Waals surface area contributed by atoms with Gasteiger partial charge in [0.25, 0.3) is 0 Å². The Morgan fingerprint density at radius 2 is 2.22 bits per heavy atom. The topological polar surface area (TPSA) is 105 Å². The molecule has 0 aliphatic rings. The highest BCUT2D eigenvalue weighted by molar-refractivity contribution is 5.73. The average Bonchev–Trinajstić information content (AvgIpc) is 2.81. The average molecular weight is 256 g/mol. The maximum absolute atomic E-state index is 11.1. The highest BCUT2D eigenvalue weighted by Crippen LogP contribution is 1.93. The number of imidazole rings is 1. The maximum Gasteiger partial charge on any atom is 0.338 e. The zero-order chi connectivity index (χ0) is 13.2. The molecule has 0 saturated heterocycles. The van der Waals surface area contributed by atoms with Crippen LogP contribution in [-0.4, -0.2) is 39.8 Å². The maximum atomic E-state index is 11.1. The van der Waals surface area contributed by atoms with Crippen LogP contribution < -0.4 is 10.8 Å². The summed E-state index contributed by atoms with van der Waals surface area (Å²) >= 11 is 0. The molecule has 0 atom stereocenters. The minimum atomic E-state index is -1.14. The predicted molar refractivity (Wildman–Crippen MR) is 61.6 cm³/mol. The molecular weight excluding hydrogens is 240 g/mol. The number of carbonyl (C=O) groups excluding carboxylic acids is 1. The van der Waals surface area contributed by atoms with E-state index in [0.717, 1.165) is 19.4 Å². The van der Waals surface area contributed by atoms with Gasteiger partial charge in [0.05, 0.1) is 6.33 Å². The van der Waals surface area contributed by atoms with Crippen LogP contribution in [0.25, 0.3) is 0 Å². The van der Waals surface area contributed by atoms with Gasteiger partial charge in [-0.2, -0.15) is 0 Å². The van der Waals surface area contributed by atoms with Crippen molar-refractivity contribution in [2.75, 3.05) is 13.2 Å². The lowest BCUT2D eigenvalue weighted by molar-refractivity contribution is -0.144. The number of nitrogens with zero attached hydrogens (tertiary/aromatic N) is 2. The first-order chi connectivity index (χ1) is 8.68. The van der Waals surface area contributed by atoms with E-state index in [1.807, 2.05) is 16.2 Å². The number of urea groups is 1. The van der Waals surface area contributed by atoms with Gasteiger partial charge < -0.3 is 15.0 Å². The number of rotatable bonds is 8. The Bertz CT molecular complexity index is 366. The SMILES string of the molecule is O=C(O)CONC(=O)NCCCCn1ccnc1. The molecule has 8 heteroatoms. The highest BCUT2D eigenvalue weighted by Gasteiger charge is 2.01. The molecule has 0 radical (unpaired) electrons. The Kier molecular flexibility index (Phi) is 6.26. The third kappa shape index (κ3) is 6.48. The van der Waals surface area contributed by atoms with Crippen LogP contribution in [0.5, 0.6) is 0 Å². The van der Waals surface area contributed by atoms with Crippen molar-refractivity contribution in [3.63, 3.8) is 0 Å². The van der Waals surface area contributed by atoms with Crippen molar-refractivity contribution < 1.29 is 19.5 Å². The van der Waals surface area contributed by atoms with Crippen molar-refractivity contribution in [1.82, 2.24) is 20.3 Å². The van der Waals surface area contributed by atoms with E-state index in [2.05, 4.69) is 15.1 Å².